The zero-order chi connectivity index (χ0) is 21.8. The molecule has 0 fully saturated rings. The van der Waals surface area contributed by atoms with Gasteiger partial charge < -0.3 is 4.74 Å². The predicted octanol–water partition coefficient (Wildman–Crippen LogP) is 3.24. The number of halogens is 8. The van der Waals surface area contributed by atoms with E-state index in [4.69, 9.17) is 4.74 Å². The van der Waals surface area contributed by atoms with E-state index >= 15 is 0 Å². The van der Waals surface area contributed by atoms with Crippen LogP contribution in [0.2, 0.25) is 0 Å². The average Bonchev–Trinajstić information content (AvgIpc) is 3.19. The van der Waals surface area contributed by atoms with Gasteiger partial charge in [-0.05, 0) is 11.3 Å². The number of alkyl halides is 8. The smallest absolute Gasteiger partial charge is 0.455 e. The zero-order valence-electron chi connectivity index (χ0n) is 13.8. The average molecular weight is 449 g/mol. The molecular formula is C13H7F8N5O2S. The molecule has 0 spiro atoms. The fraction of sp³-hybridized carbons (Fsp3) is 0.385. The molecule has 0 unspecified atom stereocenters. The van der Waals surface area contributed by atoms with E-state index in [-0.39, 0.29) is 9.88 Å². The van der Waals surface area contributed by atoms with Crippen molar-refractivity contribution < 1.29 is 39.9 Å². The van der Waals surface area contributed by atoms with Crippen molar-refractivity contribution >= 4 is 16.3 Å². The normalized spacial score (nSPS) is 13.3. The van der Waals surface area contributed by atoms with Gasteiger partial charge in [-0.25, -0.2) is 4.98 Å². The third-order valence-corrected chi connectivity index (χ3v) is 4.40. The van der Waals surface area contributed by atoms with Crippen molar-refractivity contribution in [3.63, 3.8) is 0 Å². The summed E-state index contributed by atoms with van der Waals surface area (Å²) < 4.78 is 109. The van der Waals surface area contributed by atoms with Crippen LogP contribution in [-0.4, -0.2) is 43.6 Å². The van der Waals surface area contributed by atoms with Crippen LogP contribution in [0.25, 0.3) is 16.1 Å². The Morgan fingerprint density at radius 1 is 1.14 bits per heavy atom. The van der Waals surface area contributed by atoms with Crippen molar-refractivity contribution in [3.8, 4) is 16.3 Å². The molecule has 0 radical (unpaired) electrons. The maximum absolute atomic E-state index is 13.4. The summed E-state index contributed by atoms with van der Waals surface area (Å²) in [7, 11) is 1.15. The Hall–Kier alpha value is -2.78. The minimum atomic E-state index is -5.90. The second-order valence-electron chi connectivity index (χ2n) is 5.53. The van der Waals surface area contributed by atoms with E-state index in [9.17, 15) is 39.9 Å². The van der Waals surface area contributed by atoms with E-state index in [2.05, 4.69) is 15.2 Å². The highest BCUT2D eigenvalue weighted by Gasteiger charge is 2.57. The van der Waals surface area contributed by atoms with E-state index in [0.29, 0.717) is 28.2 Å². The van der Waals surface area contributed by atoms with Crippen molar-refractivity contribution in [1.29, 1.82) is 0 Å². The Bertz CT molecular complexity index is 1110. The van der Waals surface area contributed by atoms with Crippen molar-refractivity contribution in [2.45, 2.75) is 24.8 Å². The lowest BCUT2D eigenvalue weighted by atomic mass is 10.1. The first-order valence-corrected chi connectivity index (χ1v) is 8.08. The SMILES string of the molecule is COc1nn2c(=O)c(-c3cnn(CC(F)(F)C(F)(F)F)c3)c(C(F)(F)F)nc2s1. The molecule has 3 aromatic heterocycles. The number of hydrogen-bond acceptors (Lipinski definition) is 6. The van der Waals surface area contributed by atoms with Crippen LogP contribution in [0.3, 0.4) is 0 Å². The monoisotopic (exact) mass is 449 g/mol. The molecule has 3 aromatic rings. The van der Waals surface area contributed by atoms with E-state index in [1.54, 1.807) is 0 Å². The summed E-state index contributed by atoms with van der Waals surface area (Å²) in [4.78, 5) is 15.4. The Balaban J connectivity index is 2.16. The highest BCUT2D eigenvalue weighted by atomic mass is 32.1. The van der Waals surface area contributed by atoms with Crippen LogP contribution in [-0.2, 0) is 12.7 Å². The molecule has 0 saturated carbocycles. The molecule has 158 valence electrons. The summed E-state index contributed by atoms with van der Waals surface area (Å²) in [6, 6.07) is 0. The van der Waals surface area contributed by atoms with Gasteiger partial charge in [0.25, 0.3) is 10.8 Å². The minimum absolute atomic E-state index is 0.0823. The van der Waals surface area contributed by atoms with Gasteiger partial charge in [-0.1, -0.05) is 0 Å². The van der Waals surface area contributed by atoms with Gasteiger partial charge >= 0.3 is 18.3 Å². The molecule has 7 nitrogen and oxygen atoms in total. The molecule has 0 N–H and O–H groups in total. The lowest BCUT2D eigenvalue weighted by Crippen LogP contribution is -2.40. The molecule has 0 bridgehead atoms. The van der Waals surface area contributed by atoms with Gasteiger partial charge in [-0.15, -0.1) is 5.10 Å². The van der Waals surface area contributed by atoms with Crippen molar-refractivity contribution in [2.24, 2.45) is 0 Å². The third-order valence-electron chi connectivity index (χ3n) is 3.53. The Labute approximate surface area is 158 Å². The molecule has 0 aliphatic heterocycles. The Morgan fingerprint density at radius 2 is 1.79 bits per heavy atom. The number of methoxy groups -OCH3 is 1. The maximum Gasteiger partial charge on any atom is 0.455 e. The summed E-state index contributed by atoms with van der Waals surface area (Å²) in [5, 5.41) is 6.64. The molecular weight excluding hydrogens is 442 g/mol. The van der Waals surface area contributed by atoms with Gasteiger partial charge in [0, 0.05) is 11.8 Å². The van der Waals surface area contributed by atoms with Crippen LogP contribution >= 0.6 is 11.3 Å². The standard InChI is InChI=1S/C13H7F8N5O2S/c1-28-10-24-26-8(27)6(7(12(16,17)18)23-9(26)29-10)5-2-22-25(3-5)4-11(14,15)13(19,20)21/h2-3H,4H2,1H3. The molecule has 3 heterocycles. The van der Waals surface area contributed by atoms with Gasteiger partial charge in [0.1, 0.15) is 6.54 Å². The quantitative estimate of drug-likeness (QED) is 0.572. The molecule has 0 aliphatic rings. The molecule has 29 heavy (non-hydrogen) atoms. The number of nitrogens with zero attached hydrogens (tertiary/aromatic N) is 5. The van der Waals surface area contributed by atoms with Crippen LogP contribution < -0.4 is 10.3 Å². The highest BCUT2D eigenvalue weighted by molar-refractivity contribution is 7.18. The van der Waals surface area contributed by atoms with E-state index in [0.717, 1.165) is 7.11 Å². The first-order valence-electron chi connectivity index (χ1n) is 7.27. The maximum atomic E-state index is 13.4. The largest absolute Gasteiger partial charge is 0.472 e. The molecule has 0 amide bonds. The second kappa shape index (κ2) is 6.64. The molecule has 0 saturated heterocycles. The van der Waals surface area contributed by atoms with E-state index < -0.39 is 52.2 Å². The van der Waals surface area contributed by atoms with Gasteiger partial charge in [-0.2, -0.15) is 44.7 Å². The van der Waals surface area contributed by atoms with Gasteiger partial charge in [-0.3, -0.25) is 9.48 Å². The number of aromatic nitrogens is 5. The molecule has 0 aliphatic carbocycles. The van der Waals surface area contributed by atoms with Crippen LogP contribution in [0, 0.1) is 0 Å². The summed E-state index contributed by atoms with van der Waals surface area (Å²) >= 11 is 0.535. The Morgan fingerprint density at radius 3 is 2.34 bits per heavy atom. The van der Waals surface area contributed by atoms with Crippen molar-refractivity contribution in [3.05, 3.63) is 28.4 Å². The summed E-state index contributed by atoms with van der Waals surface area (Å²) in [5.74, 6) is -5.19. The van der Waals surface area contributed by atoms with Crippen LogP contribution in [0.4, 0.5) is 35.1 Å². The van der Waals surface area contributed by atoms with Crippen molar-refractivity contribution in [2.75, 3.05) is 7.11 Å². The third kappa shape index (κ3) is 3.75. The summed E-state index contributed by atoms with van der Waals surface area (Å²) in [6.45, 7) is -1.99. The molecule has 16 heteroatoms. The molecule has 0 aromatic carbocycles. The van der Waals surface area contributed by atoms with Crippen LogP contribution in [0.15, 0.2) is 17.2 Å². The molecule has 0 atom stereocenters. The topological polar surface area (TPSA) is 74.3 Å². The summed E-state index contributed by atoms with van der Waals surface area (Å²) in [6.07, 6.45) is -10.0. The lowest BCUT2D eigenvalue weighted by Gasteiger charge is -2.19. The number of ether oxygens (including phenoxy) is 1. The second-order valence-corrected chi connectivity index (χ2v) is 6.45. The van der Waals surface area contributed by atoms with E-state index in [1.807, 2.05) is 0 Å². The fourth-order valence-corrected chi connectivity index (χ4v) is 2.96. The number of hydrogen-bond donors (Lipinski definition) is 0. The first-order chi connectivity index (χ1) is 13.2. The lowest BCUT2D eigenvalue weighted by molar-refractivity contribution is -0.287. The molecule has 3 rings (SSSR count). The fourth-order valence-electron chi connectivity index (χ4n) is 2.25. The van der Waals surface area contributed by atoms with Gasteiger partial charge in [0.15, 0.2) is 5.69 Å². The summed E-state index contributed by atoms with van der Waals surface area (Å²) in [5.41, 5.74) is -4.77. The zero-order valence-corrected chi connectivity index (χ0v) is 14.7. The van der Waals surface area contributed by atoms with E-state index in [1.165, 1.54) is 0 Å². The number of rotatable bonds is 4. The predicted molar refractivity (Wildman–Crippen MR) is 80.9 cm³/mol. The first kappa shape index (κ1) is 20.9. The minimum Gasteiger partial charge on any atom is -0.472 e. The number of fused-ring (bicyclic) bond motifs is 1. The Kier molecular flexibility index (Phi) is 4.79. The highest BCUT2D eigenvalue weighted by Crippen LogP contribution is 2.38. The van der Waals surface area contributed by atoms with Crippen LogP contribution in [0.5, 0.6) is 5.19 Å². The van der Waals surface area contributed by atoms with Crippen molar-refractivity contribution in [1.82, 2.24) is 24.4 Å². The van der Waals surface area contributed by atoms with Gasteiger partial charge in [0.05, 0.1) is 18.9 Å². The van der Waals surface area contributed by atoms with Crippen LogP contribution in [0.1, 0.15) is 5.69 Å². The van der Waals surface area contributed by atoms with Gasteiger partial charge in [0.2, 0.25) is 4.96 Å².